The highest BCUT2D eigenvalue weighted by Gasteiger charge is 2.26. The summed E-state index contributed by atoms with van der Waals surface area (Å²) in [7, 11) is -3.65. The van der Waals surface area contributed by atoms with Crippen molar-refractivity contribution in [1.29, 1.82) is 0 Å². The number of nitrogens with zero attached hydrogens (tertiary/aromatic N) is 2. The number of benzene rings is 1. The molecule has 8 heteroatoms. The second-order valence-corrected chi connectivity index (χ2v) is 9.69. The summed E-state index contributed by atoms with van der Waals surface area (Å²) in [6.45, 7) is 11.3. The Kier molecular flexibility index (Phi) is 7.33. The van der Waals surface area contributed by atoms with E-state index in [2.05, 4.69) is 23.6 Å². The molecule has 28 heavy (non-hydrogen) atoms. The summed E-state index contributed by atoms with van der Waals surface area (Å²) in [5.74, 6) is 1.43. The van der Waals surface area contributed by atoms with E-state index in [-0.39, 0.29) is 4.90 Å². The van der Waals surface area contributed by atoms with Crippen molar-refractivity contribution in [2.24, 2.45) is 11.1 Å². The third-order valence-electron chi connectivity index (χ3n) is 5.55. The maximum atomic E-state index is 11.3. The molecule has 2 fully saturated rings. The highest BCUT2D eigenvalue weighted by atomic mass is 32.2. The zero-order valence-electron chi connectivity index (χ0n) is 16.9. The van der Waals surface area contributed by atoms with Gasteiger partial charge in [0.25, 0.3) is 0 Å². The summed E-state index contributed by atoms with van der Waals surface area (Å²) < 4.78 is 34.1. The lowest BCUT2D eigenvalue weighted by atomic mass is 9.95. The van der Waals surface area contributed by atoms with Gasteiger partial charge in [-0.25, -0.2) is 13.6 Å². The molecule has 3 rings (SSSR count). The van der Waals surface area contributed by atoms with Crippen LogP contribution in [0.25, 0.3) is 0 Å². The highest BCUT2D eigenvalue weighted by Crippen LogP contribution is 2.21. The molecular formula is C20H33N3O4S. The Morgan fingerprint density at radius 3 is 2.25 bits per heavy atom. The van der Waals surface area contributed by atoms with Crippen LogP contribution in [0.5, 0.6) is 5.75 Å². The van der Waals surface area contributed by atoms with Gasteiger partial charge in [0, 0.05) is 26.2 Å². The van der Waals surface area contributed by atoms with E-state index in [1.54, 1.807) is 12.1 Å². The Morgan fingerprint density at radius 1 is 1.07 bits per heavy atom. The average Bonchev–Trinajstić information content (AvgIpc) is 2.62. The van der Waals surface area contributed by atoms with Crippen molar-refractivity contribution in [1.82, 2.24) is 9.80 Å². The average molecular weight is 412 g/mol. The summed E-state index contributed by atoms with van der Waals surface area (Å²) in [6.07, 6.45) is 3.12. The van der Waals surface area contributed by atoms with E-state index in [1.165, 1.54) is 31.5 Å². The largest absolute Gasteiger partial charge is 0.492 e. The number of hydrogen-bond donors (Lipinski definition) is 1. The summed E-state index contributed by atoms with van der Waals surface area (Å²) in [6, 6.07) is 6.25. The first-order chi connectivity index (χ1) is 13.3. The van der Waals surface area contributed by atoms with Gasteiger partial charge in [0.2, 0.25) is 10.0 Å². The second-order valence-electron chi connectivity index (χ2n) is 8.13. The highest BCUT2D eigenvalue weighted by molar-refractivity contribution is 7.89. The Labute approximate surface area is 168 Å². The summed E-state index contributed by atoms with van der Waals surface area (Å²) in [5.41, 5.74) is 0. The smallest absolute Gasteiger partial charge is 0.238 e. The number of ether oxygens (including phenoxy) is 2. The molecular weight excluding hydrogens is 378 g/mol. The van der Waals surface area contributed by atoms with Crippen LogP contribution in [0.3, 0.4) is 0 Å². The summed E-state index contributed by atoms with van der Waals surface area (Å²) in [5, 5.41) is 5.10. The molecule has 2 aliphatic heterocycles. The molecule has 2 atom stereocenters. The lowest BCUT2D eigenvalue weighted by molar-refractivity contribution is -0.0732. The second kappa shape index (κ2) is 9.54. The minimum Gasteiger partial charge on any atom is -0.492 e. The van der Waals surface area contributed by atoms with Crippen molar-refractivity contribution in [3.63, 3.8) is 0 Å². The number of piperidine rings is 1. The Hall–Kier alpha value is -1.19. The molecule has 2 unspecified atom stereocenters. The van der Waals surface area contributed by atoms with Crippen LogP contribution < -0.4 is 9.88 Å². The first-order valence-electron chi connectivity index (χ1n) is 10.2. The summed E-state index contributed by atoms with van der Waals surface area (Å²) >= 11 is 0. The standard InChI is InChI=1S/C20H33N3O4S/c1-16-13-23(14-17(2)27-16)15-18-7-9-22(10-8-18)11-12-26-19-3-5-20(6-4-19)28(21,24)25/h3-6,16-18H,7-15H2,1-2H3,(H2,21,24,25). The van der Waals surface area contributed by atoms with Gasteiger partial charge in [0.1, 0.15) is 12.4 Å². The van der Waals surface area contributed by atoms with E-state index < -0.39 is 10.0 Å². The molecule has 0 radical (unpaired) electrons. The molecule has 1 aromatic carbocycles. The third kappa shape index (κ3) is 6.42. The molecule has 0 aliphatic carbocycles. The van der Waals surface area contributed by atoms with Crippen LogP contribution in [0.2, 0.25) is 0 Å². The molecule has 7 nitrogen and oxygen atoms in total. The first kappa shape index (κ1) is 21.5. The number of rotatable bonds is 7. The van der Waals surface area contributed by atoms with Crippen LogP contribution in [0.4, 0.5) is 0 Å². The molecule has 0 amide bonds. The monoisotopic (exact) mass is 411 g/mol. The Balaban J connectivity index is 1.34. The van der Waals surface area contributed by atoms with Crippen molar-refractivity contribution in [3.05, 3.63) is 24.3 Å². The van der Waals surface area contributed by atoms with E-state index >= 15 is 0 Å². The molecule has 158 valence electrons. The lowest BCUT2D eigenvalue weighted by Gasteiger charge is -2.39. The van der Waals surface area contributed by atoms with Gasteiger partial charge in [-0.2, -0.15) is 0 Å². The van der Waals surface area contributed by atoms with Crippen LogP contribution in [0.15, 0.2) is 29.2 Å². The molecule has 2 saturated heterocycles. The molecule has 2 heterocycles. The third-order valence-corrected chi connectivity index (χ3v) is 6.48. The maximum absolute atomic E-state index is 11.3. The van der Waals surface area contributed by atoms with Gasteiger partial charge in [-0.1, -0.05) is 0 Å². The van der Waals surface area contributed by atoms with E-state index in [1.807, 2.05) is 0 Å². The minimum absolute atomic E-state index is 0.103. The van der Waals surface area contributed by atoms with Crippen molar-refractivity contribution >= 4 is 10.0 Å². The predicted molar refractivity (Wildman–Crippen MR) is 109 cm³/mol. The van der Waals surface area contributed by atoms with Crippen molar-refractivity contribution < 1.29 is 17.9 Å². The van der Waals surface area contributed by atoms with E-state index in [0.29, 0.717) is 24.6 Å². The first-order valence-corrected chi connectivity index (χ1v) is 11.7. The van der Waals surface area contributed by atoms with Crippen LogP contribution in [-0.4, -0.2) is 76.3 Å². The van der Waals surface area contributed by atoms with Crippen molar-refractivity contribution in [2.75, 3.05) is 45.9 Å². The van der Waals surface area contributed by atoms with Crippen molar-refractivity contribution in [3.8, 4) is 5.75 Å². The number of nitrogens with two attached hydrogens (primary N) is 1. The molecule has 0 spiro atoms. The molecule has 0 bridgehead atoms. The fourth-order valence-electron chi connectivity index (χ4n) is 4.21. The predicted octanol–water partition coefficient (Wildman–Crippen LogP) is 1.53. The number of hydrogen-bond acceptors (Lipinski definition) is 6. The van der Waals surface area contributed by atoms with Gasteiger partial charge < -0.3 is 9.47 Å². The van der Waals surface area contributed by atoms with Gasteiger partial charge in [-0.15, -0.1) is 0 Å². The van der Waals surface area contributed by atoms with Crippen molar-refractivity contribution in [2.45, 2.75) is 43.8 Å². The minimum atomic E-state index is -3.65. The van der Waals surface area contributed by atoms with Crippen LogP contribution in [-0.2, 0) is 14.8 Å². The molecule has 1 aromatic rings. The number of morpholine rings is 1. The van der Waals surface area contributed by atoms with Gasteiger partial charge in [-0.05, 0) is 70.0 Å². The lowest BCUT2D eigenvalue weighted by Crippen LogP contribution is -2.48. The molecule has 0 saturated carbocycles. The van der Waals surface area contributed by atoms with Crippen LogP contribution in [0, 0.1) is 5.92 Å². The van der Waals surface area contributed by atoms with E-state index in [9.17, 15) is 8.42 Å². The Bertz CT molecular complexity index is 707. The fourth-order valence-corrected chi connectivity index (χ4v) is 4.72. The van der Waals surface area contributed by atoms with Crippen LogP contribution in [0.1, 0.15) is 26.7 Å². The van der Waals surface area contributed by atoms with Crippen LogP contribution >= 0.6 is 0 Å². The van der Waals surface area contributed by atoms with Gasteiger partial charge in [0.05, 0.1) is 17.1 Å². The quantitative estimate of drug-likeness (QED) is 0.733. The fraction of sp³-hybridized carbons (Fsp3) is 0.700. The molecule has 0 aromatic heterocycles. The topological polar surface area (TPSA) is 85.1 Å². The summed E-state index contributed by atoms with van der Waals surface area (Å²) in [4.78, 5) is 5.11. The van der Waals surface area contributed by atoms with Gasteiger partial charge in [-0.3, -0.25) is 9.80 Å². The number of primary sulfonamides is 1. The number of sulfonamides is 1. The maximum Gasteiger partial charge on any atom is 0.238 e. The zero-order chi connectivity index (χ0) is 20.1. The SMILES string of the molecule is CC1CN(CC2CCN(CCOc3ccc(S(N)(=O)=O)cc3)CC2)CC(C)O1. The van der Waals surface area contributed by atoms with Gasteiger partial charge >= 0.3 is 0 Å². The molecule has 2 aliphatic rings. The normalized spacial score (nSPS) is 25.7. The van der Waals surface area contributed by atoms with Gasteiger partial charge in [0.15, 0.2) is 0 Å². The Morgan fingerprint density at radius 2 is 1.68 bits per heavy atom. The number of likely N-dealkylation sites (tertiary alicyclic amines) is 1. The molecule has 2 N–H and O–H groups in total. The van der Waals surface area contributed by atoms with E-state index in [0.717, 1.165) is 38.6 Å². The van der Waals surface area contributed by atoms with E-state index in [4.69, 9.17) is 14.6 Å². The zero-order valence-corrected chi connectivity index (χ0v) is 17.7.